The maximum atomic E-state index is 11.7. The summed E-state index contributed by atoms with van der Waals surface area (Å²) in [6.45, 7) is 8.00. The molecule has 2 atom stereocenters. The first-order chi connectivity index (χ1) is 14.2. The second kappa shape index (κ2) is 7.32. The van der Waals surface area contributed by atoms with E-state index in [0.717, 1.165) is 39.9 Å². The lowest BCUT2D eigenvalue weighted by molar-refractivity contribution is -0.117. The lowest BCUT2D eigenvalue weighted by Gasteiger charge is -2.21. The average Bonchev–Trinajstić information content (AvgIpc) is 3.42. The first-order valence-electron chi connectivity index (χ1n) is 10.4. The highest BCUT2D eigenvalue weighted by molar-refractivity contribution is 5.92. The predicted molar refractivity (Wildman–Crippen MR) is 117 cm³/mol. The second-order valence-electron chi connectivity index (χ2n) is 8.82. The van der Waals surface area contributed by atoms with Gasteiger partial charge < -0.3 is 4.74 Å². The van der Waals surface area contributed by atoms with Crippen LogP contribution >= 0.6 is 0 Å². The predicted octanol–water partition coefficient (Wildman–Crippen LogP) is 4.25. The van der Waals surface area contributed by atoms with Gasteiger partial charge >= 0.3 is 0 Å². The normalized spacial score (nSPS) is 18.0. The van der Waals surface area contributed by atoms with Crippen LogP contribution in [-0.4, -0.2) is 31.4 Å². The highest BCUT2D eigenvalue weighted by Crippen LogP contribution is 2.37. The summed E-state index contributed by atoms with van der Waals surface area (Å²) in [6.07, 6.45) is 11.5. The third-order valence-corrected chi connectivity index (χ3v) is 6.29. The van der Waals surface area contributed by atoms with Crippen LogP contribution in [-0.2, 0) is 17.4 Å². The molecule has 0 spiro atoms. The molecule has 30 heavy (non-hydrogen) atoms. The topological polar surface area (TPSA) is 61.9 Å². The average molecular weight is 405 g/mol. The third kappa shape index (κ3) is 3.49. The fourth-order valence-corrected chi connectivity index (χ4v) is 4.09. The van der Waals surface area contributed by atoms with Gasteiger partial charge in [-0.1, -0.05) is 5.92 Å². The van der Waals surface area contributed by atoms with E-state index in [1.807, 2.05) is 44.9 Å². The number of hydrogen-bond acceptors (Lipinski definition) is 4. The van der Waals surface area contributed by atoms with E-state index in [-0.39, 0.29) is 12.0 Å². The fraction of sp³-hybridized carbons (Fsp3) is 0.458. The van der Waals surface area contributed by atoms with Gasteiger partial charge in [-0.3, -0.25) is 14.2 Å². The minimum Gasteiger partial charge on any atom is -0.490 e. The van der Waals surface area contributed by atoms with Crippen molar-refractivity contribution < 1.29 is 9.53 Å². The zero-order valence-corrected chi connectivity index (χ0v) is 18.3. The fourth-order valence-electron chi connectivity index (χ4n) is 4.09. The molecule has 6 heteroatoms. The summed E-state index contributed by atoms with van der Waals surface area (Å²) in [5.74, 6) is 4.15. The largest absolute Gasteiger partial charge is 0.490 e. The number of hydrogen-bond donors (Lipinski definition) is 0. The Balaban J connectivity index is 1.76. The summed E-state index contributed by atoms with van der Waals surface area (Å²) >= 11 is 0. The molecule has 156 valence electrons. The molecule has 3 aromatic rings. The number of rotatable bonds is 5. The Morgan fingerprint density at radius 1 is 1.33 bits per heavy atom. The first-order valence-corrected chi connectivity index (χ1v) is 10.4. The minimum atomic E-state index is -0.507. The van der Waals surface area contributed by atoms with Crippen LogP contribution < -0.4 is 4.74 Å². The number of nitrogens with zero attached hydrogens (tertiary/aromatic N) is 4. The molecule has 1 aliphatic rings. The SMILES string of the molecule is C#CC(C)(C)n1cc(-c2cc(O[C@H](C)[C@H]3CCC(=O)C3)c3c(C)n(C)nc3c2)cn1. The maximum absolute atomic E-state index is 11.7. The molecule has 1 aromatic carbocycles. The highest BCUT2D eigenvalue weighted by atomic mass is 16.5. The monoisotopic (exact) mass is 404 g/mol. The maximum Gasteiger partial charge on any atom is 0.133 e. The van der Waals surface area contributed by atoms with Crippen LogP contribution in [0.3, 0.4) is 0 Å². The molecule has 0 N–H and O–H groups in total. The van der Waals surface area contributed by atoms with Crippen LogP contribution in [0, 0.1) is 25.2 Å². The highest BCUT2D eigenvalue weighted by Gasteiger charge is 2.29. The lowest BCUT2D eigenvalue weighted by Crippen LogP contribution is -2.24. The molecule has 0 radical (unpaired) electrons. The van der Waals surface area contributed by atoms with E-state index in [0.29, 0.717) is 18.6 Å². The molecule has 0 aliphatic heterocycles. The Bertz CT molecular complexity index is 1160. The molecule has 2 aromatic heterocycles. The van der Waals surface area contributed by atoms with Gasteiger partial charge in [0.05, 0.1) is 23.2 Å². The van der Waals surface area contributed by atoms with Gasteiger partial charge in [0.2, 0.25) is 0 Å². The molecule has 1 saturated carbocycles. The van der Waals surface area contributed by atoms with Crippen LogP contribution in [0.15, 0.2) is 24.5 Å². The second-order valence-corrected chi connectivity index (χ2v) is 8.82. The van der Waals surface area contributed by atoms with Gasteiger partial charge in [0.1, 0.15) is 17.1 Å². The van der Waals surface area contributed by atoms with Crippen molar-refractivity contribution in [3.8, 4) is 29.2 Å². The number of aryl methyl sites for hydroxylation is 2. The summed E-state index contributed by atoms with van der Waals surface area (Å²) in [5, 5.41) is 10.1. The number of carbonyl (C=O) groups excluding carboxylic acids is 1. The number of carbonyl (C=O) groups is 1. The number of ether oxygens (including phenoxy) is 1. The first kappa shape index (κ1) is 20.2. The zero-order chi connectivity index (χ0) is 21.6. The molecular weight excluding hydrogens is 376 g/mol. The third-order valence-electron chi connectivity index (χ3n) is 6.29. The molecular formula is C24H28N4O2. The van der Waals surface area contributed by atoms with Gasteiger partial charge in [-0.15, -0.1) is 6.42 Å². The van der Waals surface area contributed by atoms with Gasteiger partial charge in [0.25, 0.3) is 0 Å². The van der Waals surface area contributed by atoms with Crippen LogP contribution in [0.4, 0.5) is 0 Å². The summed E-state index contributed by atoms with van der Waals surface area (Å²) in [6, 6.07) is 4.11. The van der Waals surface area contributed by atoms with Crippen molar-refractivity contribution in [3.05, 3.63) is 30.2 Å². The Morgan fingerprint density at radius 3 is 2.77 bits per heavy atom. The van der Waals surface area contributed by atoms with E-state index in [2.05, 4.69) is 35.2 Å². The van der Waals surface area contributed by atoms with Crippen LogP contribution in [0.25, 0.3) is 22.0 Å². The van der Waals surface area contributed by atoms with Crippen molar-refractivity contribution in [2.24, 2.45) is 13.0 Å². The van der Waals surface area contributed by atoms with E-state index in [1.54, 1.807) is 4.68 Å². The summed E-state index contributed by atoms with van der Waals surface area (Å²) < 4.78 is 10.1. The Labute approximate surface area is 177 Å². The summed E-state index contributed by atoms with van der Waals surface area (Å²) in [4.78, 5) is 11.7. The van der Waals surface area contributed by atoms with Crippen LogP contribution in [0.5, 0.6) is 5.75 Å². The van der Waals surface area contributed by atoms with E-state index < -0.39 is 5.54 Å². The number of terminal acetylenes is 1. The molecule has 0 saturated heterocycles. The van der Waals surface area contributed by atoms with Crippen molar-refractivity contribution in [2.45, 2.75) is 58.6 Å². The number of Topliss-reactive ketones (excluding diaryl/α,β-unsaturated/α-hetero) is 1. The molecule has 0 unspecified atom stereocenters. The quantitative estimate of drug-likeness (QED) is 0.597. The molecule has 0 bridgehead atoms. The van der Waals surface area contributed by atoms with Crippen molar-refractivity contribution in [1.82, 2.24) is 19.6 Å². The number of ketones is 1. The zero-order valence-electron chi connectivity index (χ0n) is 18.3. The van der Waals surface area contributed by atoms with Gasteiger partial charge in [-0.2, -0.15) is 10.2 Å². The number of aromatic nitrogens is 4. The van der Waals surface area contributed by atoms with E-state index in [9.17, 15) is 4.79 Å². The van der Waals surface area contributed by atoms with E-state index in [4.69, 9.17) is 11.2 Å². The molecule has 6 nitrogen and oxygen atoms in total. The van der Waals surface area contributed by atoms with Gasteiger partial charge in [0, 0.05) is 43.3 Å². The molecule has 1 fully saturated rings. The molecule has 2 heterocycles. The Morgan fingerprint density at radius 2 is 2.10 bits per heavy atom. The van der Waals surface area contributed by atoms with Gasteiger partial charge in [-0.25, -0.2) is 0 Å². The Hall–Kier alpha value is -3.07. The smallest absolute Gasteiger partial charge is 0.133 e. The van der Waals surface area contributed by atoms with Gasteiger partial charge in [-0.05, 0) is 51.8 Å². The standard InChI is InChI=1S/C24H28N4O2/c1-7-24(4,5)28-14-19(13-25-28)18-11-21-23(15(2)27(6)26-21)22(12-18)30-16(3)17-8-9-20(29)10-17/h1,11-14,16-17H,8-10H2,2-6H3/t16-,17+/m1/s1. The lowest BCUT2D eigenvalue weighted by atomic mass is 10.0. The van der Waals surface area contributed by atoms with Crippen LogP contribution in [0.2, 0.25) is 0 Å². The number of benzene rings is 1. The Kier molecular flexibility index (Phi) is 4.93. The van der Waals surface area contributed by atoms with Crippen molar-refractivity contribution >= 4 is 16.7 Å². The van der Waals surface area contributed by atoms with Gasteiger partial charge in [0.15, 0.2) is 0 Å². The minimum absolute atomic E-state index is 0.0439. The summed E-state index contributed by atoms with van der Waals surface area (Å²) in [5.41, 5.74) is 3.35. The molecule has 4 rings (SSSR count). The molecule has 1 aliphatic carbocycles. The molecule has 0 amide bonds. The van der Waals surface area contributed by atoms with Crippen molar-refractivity contribution in [3.63, 3.8) is 0 Å². The number of fused-ring (bicyclic) bond motifs is 1. The van der Waals surface area contributed by atoms with E-state index in [1.165, 1.54) is 0 Å². The summed E-state index contributed by atoms with van der Waals surface area (Å²) in [7, 11) is 1.94. The van der Waals surface area contributed by atoms with Crippen molar-refractivity contribution in [2.75, 3.05) is 0 Å². The van der Waals surface area contributed by atoms with Crippen LogP contribution in [0.1, 0.15) is 45.7 Å². The van der Waals surface area contributed by atoms with Crippen molar-refractivity contribution in [1.29, 1.82) is 0 Å². The van der Waals surface area contributed by atoms with E-state index >= 15 is 0 Å².